The summed E-state index contributed by atoms with van der Waals surface area (Å²) in [5, 5.41) is 31.9. The molecule has 1 saturated heterocycles. The van der Waals surface area contributed by atoms with Gasteiger partial charge in [-0.25, -0.2) is 9.97 Å². The third kappa shape index (κ3) is 6.51. The van der Waals surface area contributed by atoms with Crippen molar-refractivity contribution in [1.82, 2.24) is 15.3 Å². The number of rotatable bonds is 10. The number of anilines is 1. The number of hydrogen-bond acceptors (Lipinski definition) is 9. The lowest BCUT2D eigenvalue weighted by molar-refractivity contribution is -0.360. The SMILES string of the molecule is CNC[C@@H](O)COc1ccc(Cl)c(-c2nc(/C(C(C)=N)=C(\C)O)c(C)c(N3CC4(CC(OC(F)(F)F)C4)C3)n2)c1. The van der Waals surface area contributed by atoms with E-state index >= 15 is 0 Å². The van der Waals surface area contributed by atoms with E-state index in [1.165, 1.54) is 6.92 Å². The Kier molecular flexibility index (Phi) is 8.65. The Bertz CT molecular complexity index is 1300. The summed E-state index contributed by atoms with van der Waals surface area (Å²) in [4.78, 5) is 11.4. The highest BCUT2D eigenvalue weighted by atomic mass is 35.5. The molecule has 1 spiro atoms. The minimum absolute atomic E-state index is 0.0473. The van der Waals surface area contributed by atoms with Crippen molar-refractivity contribution in [2.24, 2.45) is 5.41 Å². The fourth-order valence-electron chi connectivity index (χ4n) is 5.40. The molecule has 2 aliphatic rings. The number of halogens is 4. The molecule has 2 heterocycles. The molecule has 40 heavy (non-hydrogen) atoms. The molecule has 4 rings (SSSR count). The van der Waals surface area contributed by atoms with Gasteiger partial charge in [0.05, 0.1) is 22.4 Å². The molecule has 1 aromatic heterocycles. The van der Waals surface area contributed by atoms with Gasteiger partial charge in [0.2, 0.25) is 0 Å². The first-order valence-corrected chi connectivity index (χ1v) is 13.2. The second-order valence-corrected chi connectivity index (χ2v) is 11.0. The van der Waals surface area contributed by atoms with E-state index in [-0.39, 0.29) is 34.9 Å². The van der Waals surface area contributed by atoms with Crippen LogP contribution in [0.4, 0.5) is 19.0 Å². The summed E-state index contributed by atoms with van der Waals surface area (Å²) < 4.78 is 47.7. The first kappa shape index (κ1) is 30.0. The largest absolute Gasteiger partial charge is 0.522 e. The molecule has 1 atom stereocenters. The van der Waals surface area contributed by atoms with Gasteiger partial charge in [-0.1, -0.05) is 11.6 Å². The Labute approximate surface area is 235 Å². The van der Waals surface area contributed by atoms with Crippen molar-refractivity contribution in [1.29, 1.82) is 5.41 Å². The van der Waals surface area contributed by atoms with Gasteiger partial charge in [0, 0.05) is 41.9 Å². The summed E-state index contributed by atoms with van der Waals surface area (Å²) in [6.45, 7) is 6.18. The maximum atomic E-state index is 12.6. The fraction of sp³-hybridized carbons (Fsp3) is 0.519. The average molecular weight is 584 g/mol. The monoisotopic (exact) mass is 583 g/mol. The molecule has 1 saturated carbocycles. The molecule has 0 unspecified atom stereocenters. The number of nitrogens with one attached hydrogen (secondary N) is 2. The summed E-state index contributed by atoms with van der Waals surface area (Å²) in [5.41, 5.74) is 1.49. The van der Waals surface area contributed by atoms with Gasteiger partial charge in [-0.15, -0.1) is 13.2 Å². The van der Waals surface area contributed by atoms with Crippen molar-refractivity contribution < 1.29 is 32.9 Å². The van der Waals surface area contributed by atoms with Gasteiger partial charge in [0.15, 0.2) is 5.82 Å². The maximum absolute atomic E-state index is 12.6. The van der Waals surface area contributed by atoms with Gasteiger partial charge in [0.25, 0.3) is 0 Å². The topological polar surface area (TPSA) is 124 Å². The molecular weight excluding hydrogens is 551 g/mol. The quantitative estimate of drug-likeness (QED) is 0.230. The van der Waals surface area contributed by atoms with E-state index < -0.39 is 18.6 Å². The zero-order chi connectivity index (χ0) is 29.4. The van der Waals surface area contributed by atoms with Crippen LogP contribution >= 0.6 is 11.6 Å². The number of alkyl halides is 3. The summed E-state index contributed by atoms with van der Waals surface area (Å²) in [7, 11) is 1.72. The van der Waals surface area contributed by atoms with Crippen LogP contribution in [-0.2, 0) is 4.74 Å². The van der Waals surface area contributed by atoms with Crippen LogP contribution in [0.2, 0.25) is 5.02 Å². The van der Waals surface area contributed by atoms with Crippen LogP contribution in [0, 0.1) is 17.7 Å². The standard InChI is InChI=1S/C27H33ClF3N5O4/c1-14-23(22(15(2)32)16(3)37)34-24(20-7-18(5-6-21(20)28)39-11-17(38)10-33-4)35-25(14)36-12-26(13-36)8-19(9-26)40-27(29,30)31/h5-7,17,19,32-33,37-38H,8-13H2,1-4H3/b22-16+,32-15?/t17-/m1/s1. The number of allylic oxidation sites excluding steroid dienone is 2. The molecule has 2 fully saturated rings. The van der Waals surface area contributed by atoms with E-state index in [1.54, 1.807) is 39.1 Å². The molecule has 4 N–H and O–H groups in total. The first-order chi connectivity index (χ1) is 18.7. The molecule has 218 valence electrons. The molecule has 0 radical (unpaired) electrons. The molecule has 0 amide bonds. The van der Waals surface area contributed by atoms with Crippen LogP contribution in [0.3, 0.4) is 0 Å². The number of nitrogens with zero attached hydrogens (tertiary/aromatic N) is 3. The minimum Gasteiger partial charge on any atom is -0.512 e. The van der Waals surface area contributed by atoms with Crippen LogP contribution in [0.15, 0.2) is 24.0 Å². The second-order valence-electron chi connectivity index (χ2n) is 10.5. The van der Waals surface area contributed by atoms with Crippen molar-refractivity contribution >= 4 is 28.7 Å². The zero-order valence-corrected chi connectivity index (χ0v) is 23.4. The Morgan fingerprint density at radius 3 is 2.52 bits per heavy atom. The van der Waals surface area contributed by atoms with Gasteiger partial charge in [-0.05, 0) is 58.9 Å². The van der Waals surface area contributed by atoms with Crippen molar-refractivity contribution in [2.75, 3.05) is 38.2 Å². The van der Waals surface area contributed by atoms with E-state index in [4.69, 9.17) is 31.7 Å². The predicted octanol–water partition coefficient (Wildman–Crippen LogP) is 4.90. The second kappa shape index (κ2) is 11.5. The third-order valence-electron chi connectivity index (χ3n) is 7.13. The predicted molar refractivity (Wildman–Crippen MR) is 146 cm³/mol. The lowest BCUT2D eigenvalue weighted by atomic mass is 9.61. The van der Waals surface area contributed by atoms with Gasteiger partial charge in [-0.2, -0.15) is 0 Å². The lowest BCUT2D eigenvalue weighted by Crippen LogP contribution is -2.65. The number of aliphatic hydroxyl groups excluding tert-OH is 2. The Morgan fingerprint density at radius 1 is 1.27 bits per heavy atom. The van der Waals surface area contributed by atoms with Crippen LogP contribution < -0.4 is 15.0 Å². The number of likely N-dealkylation sites (N-methyl/N-ethyl adjacent to an activating group) is 1. The van der Waals surface area contributed by atoms with Crippen LogP contribution in [0.5, 0.6) is 5.75 Å². The molecule has 9 nitrogen and oxygen atoms in total. The smallest absolute Gasteiger partial charge is 0.512 e. The van der Waals surface area contributed by atoms with Crippen molar-refractivity contribution in [3.63, 3.8) is 0 Å². The van der Waals surface area contributed by atoms with Gasteiger partial charge >= 0.3 is 6.36 Å². The summed E-state index contributed by atoms with van der Waals surface area (Å²) in [6.07, 6.45) is -5.61. The van der Waals surface area contributed by atoms with E-state index in [0.29, 0.717) is 65.9 Å². The highest BCUT2D eigenvalue weighted by Gasteiger charge is 2.55. The molecule has 0 bridgehead atoms. The van der Waals surface area contributed by atoms with Crippen LogP contribution in [0.25, 0.3) is 17.0 Å². The lowest BCUT2D eigenvalue weighted by Gasteiger charge is -2.59. The summed E-state index contributed by atoms with van der Waals surface area (Å²) in [5.74, 6) is 1.12. The average Bonchev–Trinajstić information content (AvgIpc) is 2.80. The molecular formula is C27H33ClF3N5O4. The number of benzene rings is 1. The van der Waals surface area contributed by atoms with E-state index in [1.807, 2.05) is 4.90 Å². The van der Waals surface area contributed by atoms with Crippen LogP contribution in [0.1, 0.15) is 37.9 Å². The van der Waals surface area contributed by atoms with E-state index in [9.17, 15) is 23.4 Å². The van der Waals surface area contributed by atoms with Crippen molar-refractivity contribution in [3.8, 4) is 17.1 Å². The highest BCUT2D eigenvalue weighted by Crippen LogP contribution is 2.52. The molecule has 13 heteroatoms. The van der Waals surface area contributed by atoms with E-state index in [0.717, 1.165) is 0 Å². The normalized spacial score (nSPS) is 18.2. The zero-order valence-electron chi connectivity index (χ0n) is 22.7. The highest BCUT2D eigenvalue weighted by molar-refractivity contribution is 6.33. The fourth-order valence-corrected chi connectivity index (χ4v) is 5.60. The molecule has 1 aliphatic heterocycles. The number of aromatic nitrogens is 2. The number of ether oxygens (including phenoxy) is 2. The van der Waals surface area contributed by atoms with Crippen LogP contribution in [-0.4, -0.2) is 77.8 Å². The van der Waals surface area contributed by atoms with Gasteiger partial charge in [0.1, 0.15) is 30.0 Å². The molecule has 2 aromatic rings. The molecule has 1 aliphatic carbocycles. The van der Waals surface area contributed by atoms with Gasteiger partial charge < -0.3 is 30.6 Å². The number of hydrogen-bond donors (Lipinski definition) is 4. The third-order valence-corrected chi connectivity index (χ3v) is 7.46. The summed E-state index contributed by atoms with van der Waals surface area (Å²) in [6, 6.07) is 4.94. The number of aliphatic hydroxyl groups is 2. The van der Waals surface area contributed by atoms with Crippen molar-refractivity contribution in [3.05, 3.63) is 40.2 Å². The maximum Gasteiger partial charge on any atom is 0.522 e. The first-order valence-electron chi connectivity index (χ1n) is 12.8. The Balaban J connectivity index is 1.68. The van der Waals surface area contributed by atoms with E-state index in [2.05, 4.69) is 10.1 Å². The van der Waals surface area contributed by atoms with Gasteiger partial charge in [-0.3, -0.25) is 4.74 Å². The Hall–Kier alpha value is -2.93. The Morgan fingerprint density at radius 2 is 1.95 bits per heavy atom. The molecule has 1 aromatic carbocycles. The van der Waals surface area contributed by atoms with Crippen molar-refractivity contribution in [2.45, 2.75) is 52.2 Å². The minimum atomic E-state index is -4.65. The summed E-state index contributed by atoms with van der Waals surface area (Å²) >= 11 is 6.55.